The molecule has 1 N–H and O–H groups in total. The SMILES string of the molecule is COc1nc(N[C@H](C(=O)OC(C)(C)C)C(C)C)nc(OC)n1. The fourth-order valence-corrected chi connectivity index (χ4v) is 1.59. The molecule has 0 fully saturated rings. The standard InChI is InChI=1S/C14H24N4O4/c1-8(2)9(10(19)22-14(3,4)5)15-11-16-12(20-6)18-13(17-11)21-7/h8-9H,1-7H3,(H,15,16,17,18)/t9-/m0/s1. The Balaban J connectivity index is 2.98. The van der Waals surface area contributed by atoms with E-state index in [0.717, 1.165) is 0 Å². The molecule has 1 aromatic rings. The summed E-state index contributed by atoms with van der Waals surface area (Å²) in [5.41, 5.74) is -0.569. The second-order valence-corrected chi connectivity index (χ2v) is 6.03. The second-order valence-electron chi connectivity index (χ2n) is 6.03. The first kappa shape index (κ1) is 17.9. The highest BCUT2D eigenvalue weighted by Gasteiger charge is 2.28. The van der Waals surface area contributed by atoms with Crippen molar-refractivity contribution in [2.45, 2.75) is 46.3 Å². The van der Waals surface area contributed by atoms with Gasteiger partial charge in [-0.05, 0) is 26.7 Å². The number of aromatic nitrogens is 3. The van der Waals surface area contributed by atoms with Gasteiger partial charge in [0.1, 0.15) is 11.6 Å². The van der Waals surface area contributed by atoms with Crippen molar-refractivity contribution < 1.29 is 19.0 Å². The summed E-state index contributed by atoms with van der Waals surface area (Å²) in [6.45, 7) is 9.25. The highest BCUT2D eigenvalue weighted by Crippen LogP contribution is 2.18. The van der Waals surface area contributed by atoms with Crippen LogP contribution in [-0.2, 0) is 9.53 Å². The molecule has 0 radical (unpaired) electrons. The van der Waals surface area contributed by atoms with Crippen molar-refractivity contribution >= 4 is 11.9 Å². The monoisotopic (exact) mass is 312 g/mol. The molecule has 0 aliphatic carbocycles. The molecule has 22 heavy (non-hydrogen) atoms. The van der Waals surface area contributed by atoms with Gasteiger partial charge >= 0.3 is 18.0 Å². The Morgan fingerprint density at radius 1 is 1.05 bits per heavy atom. The number of rotatable bonds is 6. The molecule has 0 saturated carbocycles. The van der Waals surface area contributed by atoms with Gasteiger partial charge < -0.3 is 19.5 Å². The Kier molecular flexibility index (Phi) is 5.90. The number of esters is 1. The maximum atomic E-state index is 12.3. The molecular weight excluding hydrogens is 288 g/mol. The molecule has 0 unspecified atom stereocenters. The molecule has 0 aromatic carbocycles. The molecule has 1 atom stereocenters. The maximum absolute atomic E-state index is 12.3. The number of hydrogen-bond donors (Lipinski definition) is 1. The summed E-state index contributed by atoms with van der Waals surface area (Å²) >= 11 is 0. The lowest BCUT2D eigenvalue weighted by atomic mass is 10.0. The van der Waals surface area contributed by atoms with Crippen molar-refractivity contribution in [2.75, 3.05) is 19.5 Å². The molecule has 0 bridgehead atoms. The third kappa shape index (κ3) is 5.34. The van der Waals surface area contributed by atoms with Gasteiger partial charge in [0.25, 0.3) is 0 Å². The average Bonchev–Trinajstić information content (AvgIpc) is 2.41. The van der Waals surface area contributed by atoms with Gasteiger partial charge in [-0.25, -0.2) is 4.79 Å². The topological polar surface area (TPSA) is 95.5 Å². The fraction of sp³-hybridized carbons (Fsp3) is 0.714. The molecule has 124 valence electrons. The molecular formula is C14H24N4O4. The Morgan fingerprint density at radius 3 is 1.91 bits per heavy atom. The predicted octanol–water partition coefficient (Wildman–Crippen LogP) is 1.67. The molecule has 1 rings (SSSR count). The molecule has 8 nitrogen and oxygen atoms in total. The minimum absolute atomic E-state index is 0.0244. The van der Waals surface area contributed by atoms with Crippen LogP contribution in [0, 0.1) is 5.92 Å². The number of ether oxygens (including phenoxy) is 3. The summed E-state index contributed by atoms with van der Waals surface area (Å²) in [6.07, 6.45) is 0. The minimum atomic E-state index is -0.601. The molecule has 0 spiro atoms. The molecule has 1 heterocycles. The van der Waals surface area contributed by atoms with Crippen LogP contribution in [-0.4, -0.2) is 46.8 Å². The van der Waals surface area contributed by atoms with Crippen molar-refractivity contribution in [3.8, 4) is 12.0 Å². The highest BCUT2D eigenvalue weighted by atomic mass is 16.6. The van der Waals surface area contributed by atoms with Crippen LogP contribution in [0.4, 0.5) is 5.95 Å². The van der Waals surface area contributed by atoms with E-state index >= 15 is 0 Å². The number of carbonyl (C=O) groups excluding carboxylic acids is 1. The van der Waals surface area contributed by atoms with E-state index in [2.05, 4.69) is 20.3 Å². The van der Waals surface area contributed by atoms with Crippen LogP contribution in [0.15, 0.2) is 0 Å². The smallest absolute Gasteiger partial charge is 0.329 e. The van der Waals surface area contributed by atoms with E-state index in [1.807, 2.05) is 34.6 Å². The van der Waals surface area contributed by atoms with Crippen molar-refractivity contribution in [1.82, 2.24) is 15.0 Å². The van der Waals surface area contributed by atoms with Crippen molar-refractivity contribution in [2.24, 2.45) is 5.92 Å². The average molecular weight is 312 g/mol. The first-order valence-electron chi connectivity index (χ1n) is 6.99. The van der Waals surface area contributed by atoms with Crippen LogP contribution >= 0.6 is 0 Å². The van der Waals surface area contributed by atoms with Gasteiger partial charge in [0.15, 0.2) is 0 Å². The van der Waals surface area contributed by atoms with Gasteiger partial charge in [0.2, 0.25) is 5.95 Å². The van der Waals surface area contributed by atoms with Gasteiger partial charge in [0, 0.05) is 0 Å². The molecule has 8 heteroatoms. The van der Waals surface area contributed by atoms with Crippen LogP contribution < -0.4 is 14.8 Å². The van der Waals surface area contributed by atoms with Crippen LogP contribution in [0.25, 0.3) is 0 Å². The number of hydrogen-bond acceptors (Lipinski definition) is 8. The van der Waals surface area contributed by atoms with Gasteiger partial charge in [-0.2, -0.15) is 9.97 Å². The number of nitrogens with one attached hydrogen (secondary N) is 1. The van der Waals surface area contributed by atoms with E-state index in [9.17, 15) is 4.79 Å². The fourth-order valence-electron chi connectivity index (χ4n) is 1.59. The molecule has 0 amide bonds. The lowest BCUT2D eigenvalue weighted by Crippen LogP contribution is -2.40. The molecule has 0 aliphatic rings. The van der Waals surface area contributed by atoms with Crippen LogP contribution in [0.5, 0.6) is 12.0 Å². The summed E-state index contributed by atoms with van der Waals surface area (Å²) in [5.74, 6) is -0.210. The number of anilines is 1. The normalized spacial score (nSPS) is 12.7. The Bertz CT molecular complexity index is 492. The zero-order chi connectivity index (χ0) is 16.9. The van der Waals surface area contributed by atoms with E-state index in [1.165, 1.54) is 14.2 Å². The molecule has 0 aliphatic heterocycles. The Labute approximate surface area is 130 Å². The summed E-state index contributed by atoms with van der Waals surface area (Å²) < 4.78 is 15.4. The van der Waals surface area contributed by atoms with E-state index in [4.69, 9.17) is 14.2 Å². The van der Waals surface area contributed by atoms with Crippen molar-refractivity contribution in [3.05, 3.63) is 0 Å². The highest BCUT2D eigenvalue weighted by molar-refractivity contribution is 5.79. The zero-order valence-electron chi connectivity index (χ0n) is 14.1. The van der Waals surface area contributed by atoms with Gasteiger partial charge in [-0.3, -0.25) is 0 Å². The third-order valence-corrected chi connectivity index (χ3v) is 2.57. The summed E-state index contributed by atoms with van der Waals surface area (Å²) in [6, 6.07) is -0.405. The predicted molar refractivity (Wildman–Crippen MR) is 81.0 cm³/mol. The van der Waals surface area contributed by atoms with Crippen LogP contribution in [0.2, 0.25) is 0 Å². The second kappa shape index (κ2) is 7.24. The number of nitrogens with zero attached hydrogens (tertiary/aromatic N) is 3. The van der Waals surface area contributed by atoms with E-state index in [0.29, 0.717) is 0 Å². The van der Waals surface area contributed by atoms with Gasteiger partial charge in [0.05, 0.1) is 14.2 Å². The van der Waals surface area contributed by atoms with Crippen molar-refractivity contribution in [3.63, 3.8) is 0 Å². The van der Waals surface area contributed by atoms with E-state index in [-0.39, 0.29) is 29.9 Å². The summed E-state index contributed by atoms with van der Waals surface area (Å²) in [7, 11) is 2.87. The minimum Gasteiger partial charge on any atom is -0.467 e. The van der Waals surface area contributed by atoms with Crippen molar-refractivity contribution in [1.29, 1.82) is 0 Å². The summed E-state index contributed by atoms with van der Waals surface area (Å²) in [5, 5.41) is 2.95. The Hall–Kier alpha value is -2.12. The lowest BCUT2D eigenvalue weighted by molar-refractivity contribution is -0.156. The molecule has 1 aromatic heterocycles. The third-order valence-electron chi connectivity index (χ3n) is 2.57. The largest absolute Gasteiger partial charge is 0.467 e. The first-order valence-corrected chi connectivity index (χ1v) is 6.99. The van der Waals surface area contributed by atoms with Gasteiger partial charge in [-0.15, -0.1) is 4.98 Å². The summed E-state index contributed by atoms with van der Waals surface area (Å²) in [4.78, 5) is 24.3. The van der Waals surface area contributed by atoms with E-state index < -0.39 is 11.6 Å². The van der Waals surface area contributed by atoms with Crippen LogP contribution in [0.3, 0.4) is 0 Å². The zero-order valence-corrected chi connectivity index (χ0v) is 14.1. The lowest BCUT2D eigenvalue weighted by Gasteiger charge is -2.26. The van der Waals surface area contributed by atoms with E-state index in [1.54, 1.807) is 0 Å². The van der Waals surface area contributed by atoms with Crippen LogP contribution in [0.1, 0.15) is 34.6 Å². The van der Waals surface area contributed by atoms with Gasteiger partial charge in [-0.1, -0.05) is 13.8 Å². The quantitative estimate of drug-likeness (QED) is 0.792. The maximum Gasteiger partial charge on any atom is 0.329 e. The number of carbonyl (C=O) groups is 1. The first-order chi connectivity index (χ1) is 10.2. The Morgan fingerprint density at radius 2 is 1.55 bits per heavy atom. The molecule has 0 saturated heterocycles. The number of methoxy groups -OCH3 is 2.